The summed E-state index contributed by atoms with van der Waals surface area (Å²) < 4.78 is 5.94. The largest absolute Gasteiger partial charge is 0.490 e. The smallest absolute Gasteiger partial charge is 0.122 e. The van der Waals surface area contributed by atoms with Gasteiger partial charge in [0.2, 0.25) is 0 Å². The van der Waals surface area contributed by atoms with E-state index in [0.717, 1.165) is 12.2 Å². The van der Waals surface area contributed by atoms with Crippen LogP contribution < -0.4 is 10.1 Å². The van der Waals surface area contributed by atoms with Crippen molar-refractivity contribution >= 4 is 0 Å². The van der Waals surface area contributed by atoms with E-state index in [2.05, 4.69) is 24.4 Å². The Morgan fingerprint density at radius 3 is 2.67 bits per heavy atom. The number of para-hydroxylation sites is 1. The van der Waals surface area contributed by atoms with Crippen LogP contribution in [0.5, 0.6) is 5.75 Å². The van der Waals surface area contributed by atoms with E-state index in [9.17, 15) is 0 Å². The number of benzene rings is 1. The summed E-state index contributed by atoms with van der Waals surface area (Å²) in [6.45, 7) is 6.00. The number of rotatable bonds is 6. The van der Waals surface area contributed by atoms with Crippen molar-refractivity contribution < 1.29 is 4.74 Å². The second-order valence-electron chi connectivity index (χ2n) is 4.79. The Balaban J connectivity index is 2.71. The molecule has 0 heterocycles. The first-order valence-corrected chi connectivity index (χ1v) is 6.39. The highest BCUT2D eigenvalue weighted by Gasteiger charge is 2.25. The third-order valence-electron chi connectivity index (χ3n) is 3.18. The van der Waals surface area contributed by atoms with Crippen molar-refractivity contribution in [1.82, 2.24) is 5.32 Å². The summed E-state index contributed by atoms with van der Waals surface area (Å²) in [5, 5.41) is 12.2. The van der Waals surface area contributed by atoms with E-state index in [-0.39, 0.29) is 6.10 Å². The molecule has 0 saturated heterocycles. The van der Waals surface area contributed by atoms with Gasteiger partial charge in [0, 0.05) is 6.42 Å². The van der Waals surface area contributed by atoms with E-state index in [4.69, 9.17) is 10.00 Å². The topological polar surface area (TPSA) is 45.0 Å². The zero-order chi connectivity index (χ0) is 13.6. The number of hydrogen-bond donors (Lipinski definition) is 1. The molecular formula is C15H22N2O. The lowest BCUT2D eigenvalue weighted by molar-refractivity contribution is 0.181. The zero-order valence-corrected chi connectivity index (χ0v) is 11.7. The van der Waals surface area contributed by atoms with Crippen molar-refractivity contribution in [1.29, 1.82) is 5.26 Å². The van der Waals surface area contributed by atoms with Gasteiger partial charge in [-0.1, -0.05) is 25.1 Å². The van der Waals surface area contributed by atoms with Crippen LogP contribution in [0.25, 0.3) is 0 Å². The third-order valence-corrected chi connectivity index (χ3v) is 3.18. The van der Waals surface area contributed by atoms with Gasteiger partial charge in [-0.25, -0.2) is 0 Å². The summed E-state index contributed by atoms with van der Waals surface area (Å²) in [6, 6.07) is 10.3. The highest BCUT2D eigenvalue weighted by Crippen LogP contribution is 2.22. The fourth-order valence-corrected chi connectivity index (χ4v) is 1.95. The van der Waals surface area contributed by atoms with Gasteiger partial charge in [0.25, 0.3) is 0 Å². The predicted octanol–water partition coefficient (Wildman–Crippen LogP) is 2.91. The maximum atomic E-state index is 9.13. The molecular weight excluding hydrogens is 224 g/mol. The van der Waals surface area contributed by atoms with Gasteiger partial charge >= 0.3 is 0 Å². The van der Waals surface area contributed by atoms with Gasteiger partial charge in [-0.15, -0.1) is 0 Å². The van der Waals surface area contributed by atoms with Crippen LogP contribution in [0, 0.1) is 11.3 Å². The second kappa shape index (κ2) is 6.42. The molecule has 2 atom stereocenters. The van der Waals surface area contributed by atoms with Gasteiger partial charge in [0.15, 0.2) is 0 Å². The van der Waals surface area contributed by atoms with Gasteiger partial charge in [-0.3, -0.25) is 0 Å². The lowest BCUT2D eigenvalue weighted by atomic mass is 9.97. The molecule has 0 bridgehead atoms. The maximum Gasteiger partial charge on any atom is 0.122 e. The molecule has 1 aromatic carbocycles. The second-order valence-corrected chi connectivity index (χ2v) is 4.79. The Morgan fingerprint density at radius 2 is 2.11 bits per heavy atom. The molecule has 0 radical (unpaired) electrons. The number of ether oxygens (including phenoxy) is 1. The molecule has 3 nitrogen and oxygen atoms in total. The lowest BCUT2D eigenvalue weighted by Gasteiger charge is -2.25. The summed E-state index contributed by atoms with van der Waals surface area (Å²) in [4.78, 5) is 0. The molecule has 1 rings (SSSR count). The van der Waals surface area contributed by atoms with E-state index >= 15 is 0 Å². The molecule has 3 heteroatoms. The van der Waals surface area contributed by atoms with Crippen molar-refractivity contribution in [2.24, 2.45) is 0 Å². The first-order chi connectivity index (χ1) is 8.54. The first-order valence-electron chi connectivity index (χ1n) is 6.39. The Bertz CT molecular complexity index is 425. The minimum Gasteiger partial charge on any atom is -0.490 e. The maximum absolute atomic E-state index is 9.13. The van der Waals surface area contributed by atoms with Crippen LogP contribution in [0.3, 0.4) is 0 Å². The average molecular weight is 246 g/mol. The fraction of sp³-hybridized carbons (Fsp3) is 0.533. The van der Waals surface area contributed by atoms with Crippen LogP contribution in [0.4, 0.5) is 0 Å². The normalized spacial score (nSPS) is 15.5. The Labute approximate surface area is 110 Å². The van der Waals surface area contributed by atoms with E-state index < -0.39 is 5.54 Å². The lowest BCUT2D eigenvalue weighted by Crippen LogP contribution is -2.41. The Morgan fingerprint density at radius 1 is 1.44 bits per heavy atom. The third kappa shape index (κ3) is 3.75. The van der Waals surface area contributed by atoms with Crippen LogP contribution in [0.2, 0.25) is 0 Å². The van der Waals surface area contributed by atoms with Gasteiger partial charge < -0.3 is 10.1 Å². The number of hydrogen-bond acceptors (Lipinski definition) is 3. The van der Waals surface area contributed by atoms with Gasteiger partial charge in [0.1, 0.15) is 11.3 Å². The van der Waals surface area contributed by atoms with Crippen molar-refractivity contribution in [3.63, 3.8) is 0 Å². The first kappa shape index (κ1) is 14.5. The van der Waals surface area contributed by atoms with Gasteiger partial charge in [-0.2, -0.15) is 5.26 Å². The summed E-state index contributed by atoms with van der Waals surface area (Å²) in [5.74, 6) is 0.920. The summed E-state index contributed by atoms with van der Waals surface area (Å²) in [7, 11) is 1.80. The summed E-state index contributed by atoms with van der Waals surface area (Å²) in [5.41, 5.74) is 0.660. The average Bonchev–Trinajstić information content (AvgIpc) is 2.39. The van der Waals surface area contributed by atoms with E-state index in [1.165, 1.54) is 5.56 Å². The monoisotopic (exact) mass is 246 g/mol. The van der Waals surface area contributed by atoms with Crippen LogP contribution in [-0.4, -0.2) is 18.7 Å². The molecule has 18 heavy (non-hydrogen) atoms. The molecule has 98 valence electrons. The van der Waals surface area contributed by atoms with E-state index in [1.807, 2.05) is 32.0 Å². The molecule has 0 aliphatic carbocycles. The van der Waals surface area contributed by atoms with E-state index in [0.29, 0.717) is 6.42 Å². The molecule has 1 aromatic rings. The number of nitriles is 1. The van der Waals surface area contributed by atoms with Crippen LogP contribution >= 0.6 is 0 Å². The number of nitrogens with zero attached hydrogens (tertiary/aromatic N) is 1. The Kier molecular flexibility index (Phi) is 5.18. The fourth-order valence-electron chi connectivity index (χ4n) is 1.95. The van der Waals surface area contributed by atoms with Crippen molar-refractivity contribution in [2.45, 2.75) is 45.3 Å². The molecule has 0 spiro atoms. The molecule has 0 saturated carbocycles. The molecule has 1 N–H and O–H groups in total. The molecule has 2 unspecified atom stereocenters. The van der Waals surface area contributed by atoms with Crippen LogP contribution in [0.15, 0.2) is 24.3 Å². The van der Waals surface area contributed by atoms with Gasteiger partial charge in [-0.05, 0) is 38.9 Å². The summed E-state index contributed by atoms with van der Waals surface area (Å²) >= 11 is 0. The standard InChI is InChI=1S/C15H22N2O/c1-5-13-8-6-7-9-14(13)18-12(2)10-15(3,11-16)17-4/h6-9,12,17H,5,10H2,1-4H3. The van der Waals surface area contributed by atoms with Crippen molar-refractivity contribution in [3.8, 4) is 11.8 Å². The highest BCUT2D eigenvalue weighted by molar-refractivity contribution is 5.33. The number of nitrogens with one attached hydrogen (secondary N) is 1. The predicted molar refractivity (Wildman–Crippen MR) is 73.6 cm³/mol. The Hall–Kier alpha value is -1.53. The molecule has 0 aliphatic heterocycles. The quantitative estimate of drug-likeness (QED) is 0.839. The van der Waals surface area contributed by atoms with E-state index in [1.54, 1.807) is 7.05 Å². The summed E-state index contributed by atoms with van der Waals surface area (Å²) in [6.07, 6.45) is 1.59. The molecule has 0 fully saturated rings. The highest BCUT2D eigenvalue weighted by atomic mass is 16.5. The van der Waals surface area contributed by atoms with Crippen LogP contribution in [0.1, 0.15) is 32.8 Å². The van der Waals surface area contributed by atoms with Crippen molar-refractivity contribution in [2.75, 3.05) is 7.05 Å². The SMILES string of the molecule is CCc1ccccc1OC(C)CC(C)(C#N)NC. The molecule has 0 aliphatic rings. The molecule has 0 amide bonds. The van der Waals surface area contributed by atoms with Gasteiger partial charge in [0.05, 0.1) is 12.2 Å². The zero-order valence-electron chi connectivity index (χ0n) is 11.7. The van der Waals surface area contributed by atoms with Crippen LogP contribution in [-0.2, 0) is 6.42 Å². The minimum absolute atomic E-state index is 0.00481. The number of aryl methyl sites for hydroxylation is 1. The molecule has 0 aromatic heterocycles. The minimum atomic E-state index is -0.541. The van der Waals surface area contributed by atoms with Crippen molar-refractivity contribution in [3.05, 3.63) is 29.8 Å².